The molecule has 0 bridgehead atoms. The number of nitrogens with zero attached hydrogens (tertiary/aromatic N) is 2. The van der Waals surface area contributed by atoms with Gasteiger partial charge in [-0.3, -0.25) is 4.98 Å². The van der Waals surface area contributed by atoms with Crippen LogP contribution in [0.1, 0.15) is 27.7 Å². The van der Waals surface area contributed by atoms with E-state index in [0.717, 1.165) is 16.0 Å². The van der Waals surface area contributed by atoms with Gasteiger partial charge in [0.2, 0.25) is 0 Å². The molecule has 2 aromatic heterocycles. The van der Waals surface area contributed by atoms with E-state index in [4.69, 9.17) is 0 Å². The van der Waals surface area contributed by atoms with Crippen molar-refractivity contribution in [3.05, 3.63) is 35.2 Å². The number of nitrogens with two attached hydrogens (primary N) is 1. The number of nitrogens with one attached hydrogen (secondary N) is 1. The minimum atomic E-state index is 0.794. The largest absolute Gasteiger partial charge is 0.343 e. The van der Waals surface area contributed by atoms with Crippen LogP contribution in [0.15, 0.2) is 35.2 Å². The lowest BCUT2D eigenvalue weighted by Gasteiger charge is -1.94. The van der Waals surface area contributed by atoms with Crippen LogP contribution in [0.2, 0.25) is 0 Å². The van der Waals surface area contributed by atoms with Crippen LogP contribution in [0.25, 0.3) is 11.5 Å². The summed E-state index contributed by atoms with van der Waals surface area (Å²) >= 11 is 3.32. The number of aromatic amines is 1. The first-order chi connectivity index (χ1) is 8.86. The Balaban J connectivity index is 0. The Morgan fingerprint density at radius 2 is 1.67 bits per heavy atom. The molecule has 3 N–H and O–H groups in total. The number of rotatable bonds is 1. The lowest BCUT2D eigenvalue weighted by atomic mass is 10.3. The second kappa shape index (κ2) is 13.9. The van der Waals surface area contributed by atoms with Crippen LogP contribution >= 0.6 is 15.9 Å². The van der Waals surface area contributed by atoms with E-state index in [1.165, 1.54) is 7.05 Å². The van der Waals surface area contributed by atoms with Crippen LogP contribution < -0.4 is 5.73 Å². The van der Waals surface area contributed by atoms with Gasteiger partial charge in [-0.1, -0.05) is 27.7 Å². The molecule has 0 radical (unpaired) electrons. The Morgan fingerprint density at radius 3 is 2.06 bits per heavy atom. The minimum Gasteiger partial charge on any atom is -0.343 e. The number of H-pyrrole nitrogens is 1. The normalized spacial score (nSPS) is 7.72. The van der Waals surface area contributed by atoms with E-state index >= 15 is 0 Å². The minimum absolute atomic E-state index is 0.794. The van der Waals surface area contributed by atoms with Crippen molar-refractivity contribution in [2.75, 3.05) is 7.05 Å². The van der Waals surface area contributed by atoms with Crippen LogP contribution in [0.3, 0.4) is 0 Å². The third-order valence-electron chi connectivity index (χ3n) is 1.47. The monoisotopic (exact) mass is 314 g/mol. The van der Waals surface area contributed by atoms with E-state index in [9.17, 15) is 0 Å². The van der Waals surface area contributed by atoms with Gasteiger partial charge >= 0.3 is 0 Å². The molecule has 4 nitrogen and oxygen atoms in total. The topological polar surface area (TPSA) is 67.6 Å². The molecular weight excluding hydrogens is 292 g/mol. The second-order valence-corrected chi connectivity index (χ2v) is 3.22. The smallest absolute Gasteiger partial charge is 0.155 e. The second-order valence-electron chi connectivity index (χ2n) is 2.30. The summed E-state index contributed by atoms with van der Waals surface area (Å²) in [7, 11) is 1.50. The average Bonchev–Trinajstić information content (AvgIpc) is 3.00. The van der Waals surface area contributed by atoms with Crippen molar-refractivity contribution < 1.29 is 0 Å². The number of aromatic nitrogens is 3. The molecule has 0 unspecified atom stereocenters. The summed E-state index contributed by atoms with van der Waals surface area (Å²) < 4.78 is 0.970. The van der Waals surface area contributed by atoms with Crippen molar-refractivity contribution in [2.24, 2.45) is 5.73 Å². The van der Waals surface area contributed by atoms with Crippen LogP contribution in [-0.2, 0) is 0 Å². The van der Waals surface area contributed by atoms with Gasteiger partial charge in [0.25, 0.3) is 0 Å². The van der Waals surface area contributed by atoms with Gasteiger partial charge in [0, 0.05) is 23.1 Å². The van der Waals surface area contributed by atoms with Gasteiger partial charge < -0.3 is 10.7 Å². The van der Waals surface area contributed by atoms with Crippen LogP contribution in [0.5, 0.6) is 0 Å². The molecule has 0 saturated heterocycles. The van der Waals surface area contributed by atoms with Crippen molar-refractivity contribution in [2.45, 2.75) is 27.7 Å². The van der Waals surface area contributed by atoms with Crippen molar-refractivity contribution in [3.63, 3.8) is 0 Å². The molecule has 102 valence electrons. The molecule has 0 aliphatic carbocycles. The fourth-order valence-corrected chi connectivity index (χ4v) is 1.16. The highest BCUT2D eigenvalue weighted by Crippen LogP contribution is 2.14. The zero-order chi connectivity index (χ0) is 14.4. The van der Waals surface area contributed by atoms with Gasteiger partial charge in [-0.05, 0) is 35.1 Å². The summed E-state index contributed by atoms with van der Waals surface area (Å²) in [6.07, 6.45) is 5.23. The summed E-state index contributed by atoms with van der Waals surface area (Å²) in [5, 5.41) is 0. The van der Waals surface area contributed by atoms with Gasteiger partial charge in [-0.25, -0.2) is 4.98 Å². The molecule has 0 aliphatic heterocycles. The van der Waals surface area contributed by atoms with Crippen molar-refractivity contribution in [1.29, 1.82) is 0 Å². The number of imidazole rings is 1. The summed E-state index contributed by atoms with van der Waals surface area (Å²) in [5.41, 5.74) is 5.35. The zero-order valence-electron chi connectivity index (χ0n) is 11.7. The maximum absolute atomic E-state index is 4.50. The fourth-order valence-electron chi connectivity index (χ4n) is 0.921. The van der Waals surface area contributed by atoms with Crippen molar-refractivity contribution >= 4 is 15.9 Å². The number of hydrogen-bond donors (Lipinski definition) is 2. The number of halogens is 1. The lowest BCUT2D eigenvalue weighted by molar-refractivity contribution is 1.22. The molecule has 0 spiro atoms. The molecule has 5 heteroatoms. The summed E-state index contributed by atoms with van der Waals surface area (Å²) in [5.74, 6) is 0.794. The molecule has 2 heterocycles. The van der Waals surface area contributed by atoms with Crippen molar-refractivity contribution in [3.8, 4) is 11.5 Å². The Morgan fingerprint density at radius 1 is 1.06 bits per heavy atom. The highest BCUT2D eigenvalue weighted by molar-refractivity contribution is 9.10. The van der Waals surface area contributed by atoms with E-state index < -0.39 is 0 Å². The highest BCUT2D eigenvalue weighted by Gasteiger charge is 1.98. The predicted octanol–water partition coefficient (Wildman–Crippen LogP) is 3.86. The van der Waals surface area contributed by atoms with E-state index in [1.54, 1.807) is 18.6 Å². The quantitative estimate of drug-likeness (QED) is 0.839. The van der Waals surface area contributed by atoms with Crippen molar-refractivity contribution in [1.82, 2.24) is 15.0 Å². The lowest BCUT2D eigenvalue weighted by Crippen LogP contribution is -1.83. The predicted molar refractivity (Wildman–Crippen MR) is 82.3 cm³/mol. The van der Waals surface area contributed by atoms with Gasteiger partial charge in [-0.2, -0.15) is 0 Å². The molecule has 0 amide bonds. The first-order valence-electron chi connectivity index (χ1n) is 6.05. The Labute approximate surface area is 118 Å². The van der Waals surface area contributed by atoms with Crippen LogP contribution in [0.4, 0.5) is 0 Å². The molecule has 0 aromatic carbocycles. The first kappa shape index (κ1) is 19.1. The highest BCUT2D eigenvalue weighted by atomic mass is 79.9. The third kappa shape index (κ3) is 7.19. The average molecular weight is 315 g/mol. The molecule has 2 aromatic rings. The summed E-state index contributed by atoms with van der Waals surface area (Å²) in [6.45, 7) is 8.00. The molecule has 18 heavy (non-hydrogen) atoms. The van der Waals surface area contributed by atoms with E-state index in [-0.39, 0.29) is 0 Å². The maximum atomic E-state index is 4.50. The fraction of sp³-hybridized carbons (Fsp3) is 0.385. The van der Waals surface area contributed by atoms with E-state index in [2.05, 4.69) is 36.6 Å². The van der Waals surface area contributed by atoms with Gasteiger partial charge in [-0.15, -0.1) is 0 Å². The van der Waals surface area contributed by atoms with Gasteiger partial charge in [0.15, 0.2) is 5.82 Å². The number of hydrogen-bond acceptors (Lipinski definition) is 3. The van der Waals surface area contributed by atoms with E-state index in [1.807, 2.05) is 39.8 Å². The van der Waals surface area contributed by atoms with Gasteiger partial charge in [0.1, 0.15) is 5.69 Å². The third-order valence-corrected chi connectivity index (χ3v) is 1.94. The first-order valence-corrected chi connectivity index (χ1v) is 6.84. The summed E-state index contributed by atoms with van der Waals surface area (Å²) in [4.78, 5) is 11.2. The Bertz CT molecular complexity index is 357. The standard InChI is InChI=1S/C8H6BrN3.2C2H6.CH5N/c9-6-1-2-7(12-5-6)8-10-3-4-11-8;3*1-2/h1-5H,(H,10,11);2*1-2H3;2H2,1H3. The Hall–Kier alpha value is -1.20. The molecule has 0 fully saturated rings. The van der Waals surface area contributed by atoms with Gasteiger partial charge in [0.05, 0.1) is 0 Å². The van der Waals surface area contributed by atoms with E-state index in [0.29, 0.717) is 0 Å². The molecule has 0 atom stereocenters. The SMILES string of the molecule is Brc1ccc(-c2ncc[nH]2)nc1.CC.CC.CN. The Kier molecular flexibility index (Phi) is 14.7. The zero-order valence-corrected chi connectivity index (χ0v) is 13.3. The molecule has 0 saturated carbocycles. The number of pyridine rings is 1. The summed E-state index contributed by atoms with van der Waals surface area (Å²) in [6, 6.07) is 3.84. The molecular formula is C13H23BrN4. The van der Waals surface area contributed by atoms with Crippen LogP contribution in [0, 0.1) is 0 Å². The molecule has 0 aliphatic rings. The van der Waals surface area contributed by atoms with Crippen LogP contribution in [-0.4, -0.2) is 22.0 Å². The molecule has 2 rings (SSSR count). The maximum Gasteiger partial charge on any atom is 0.155 e.